The molecular weight excluding hydrogens is 529 g/mol. The van der Waals surface area contributed by atoms with Crippen LogP contribution < -0.4 is 24.8 Å². The van der Waals surface area contributed by atoms with Gasteiger partial charge in [0.1, 0.15) is 0 Å². The van der Waals surface area contributed by atoms with Gasteiger partial charge < -0.3 is 24.8 Å². The standard InChI is InChI=1S/C21H14P.C7H9.2ClH.Zr/c1-2-8-16-14-17(13-15(16)7-1)22-20-11-5-3-9-18(20)19-10-4-6-12-21(19)22;1-6-4-3-5-7(6)2;;;/h1-14H;4H,3H2,1-2H3;2*1H;/q;;;;+2/p-2. The number of rotatable bonds is 3. The van der Waals surface area contributed by atoms with E-state index in [1.165, 1.54) is 28.3 Å². The van der Waals surface area contributed by atoms with E-state index in [4.69, 9.17) is 0 Å². The Morgan fingerprint density at radius 3 is 2.00 bits per heavy atom. The zero-order valence-corrected chi connectivity index (χ0v) is 22.9. The van der Waals surface area contributed by atoms with E-state index in [1.807, 2.05) is 0 Å². The van der Waals surface area contributed by atoms with Crippen molar-refractivity contribution in [1.29, 1.82) is 0 Å². The third-order valence-corrected chi connectivity index (χ3v) is 14.5. The van der Waals surface area contributed by atoms with E-state index in [9.17, 15) is 0 Å². The Kier molecular flexibility index (Phi) is 7.05. The van der Waals surface area contributed by atoms with Crippen molar-refractivity contribution in [3.05, 3.63) is 104 Å². The van der Waals surface area contributed by atoms with Crippen LogP contribution in [-0.2, 0) is 23.2 Å². The average Bonchev–Trinajstić information content (AvgIpc) is 3.41. The van der Waals surface area contributed by atoms with Crippen molar-refractivity contribution >= 4 is 39.9 Å². The van der Waals surface area contributed by atoms with Crippen LogP contribution >= 0.6 is 7.53 Å². The molecule has 0 saturated carbocycles. The summed E-state index contributed by atoms with van der Waals surface area (Å²) < 4.78 is 2.44. The van der Waals surface area contributed by atoms with E-state index in [1.54, 1.807) is 30.0 Å². The zero-order chi connectivity index (χ0) is 20.2. The number of hydrogen-bond donors (Lipinski definition) is 0. The molecule has 4 aromatic rings. The van der Waals surface area contributed by atoms with Crippen LogP contribution in [0, 0.1) is 0 Å². The van der Waals surface area contributed by atoms with Gasteiger partial charge in [0.15, 0.2) is 0 Å². The maximum Gasteiger partial charge on any atom is -1.00 e. The summed E-state index contributed by atoms with van der Waals surface area (Å²) in [4.78, 5) is 0. The summed E-state index contributed by atoms with van der Waals surface area (Å²) in [6.07, 6.45) is 6.21. The van der Waals surface area contributed by atoms with Gasteiger partial charge in [0, 0.05) is 0 Å². The van der Waals surface area contributed by atoms with Gasteiger partial charge in [0.05, 0.1) is 0 Å². The Morgan fingerprint density at radius 2 is 1.38 bits per heavy atom. The van der Waals surface area contributed by atoms with Crippen molar-refractivity contribution < 1.29 is 48.0 Å². The Morgan fingerprint density at radius 1 is 0.781 bits per heavy atom. The molecule has 0 aliphatic heterocycles. The minimum Gasteiger partial charge on any atom is -1.00 e. The summed E-state index contributed by atoms with van der Waals surface area (Å²) >= 11 is -0.782. The van der Waals surface area contributed by atoms with Gasteiger partial charge in [-0.1, -0.05) is 0 Å². The van der Waals surface area contributed by atoms with E-state index in [-0.39, 0.29) is 24.8 Å². The SMILES string of the molecule is CC1=CC[C]([Zr+2][CH]2C(p3c4ccccc4c4ccccc43)=Cc3ccccc32)=C1C.[Cl-].[Cl-]. The van der Waals surface area contributed by atoms with Crippen molar-refractivity contribution in [3.63, 3.8) is 0 Å². The number of fused-ring (bicyclic) bond motifs is 4. The minimum atomic E-state index is -0.782. The largest absolute Gasteiger partial charge is 1.00 e. The fourth-order valence-electron chi connectivity index (χ4n) is 4.99. The first kappa shape index (κ1) is 23.8. The van der Waals surface area contributed by atoms with Crippen LogP contribution in [0.5, 0.6) is 0 Å². The van der Waals surface area contributed by atoms with Crippen LogP contribution in [0.3, 0.4) is 0 Å². The number of allylic oxidation sites excluding steroid dienone is 5. The summed E-state index contributed by atoms with van der Waals surface area (Å²) in [6, 6.07) is 27.5. The van der Waals surface area contributed by atoms with E-state index in [2.05, 4.69) is 98.8 Å². The van der Waals surface area contributed by atoms with Crippen molar-refractivity contribution in [2.45, 2.75) is 23.9 Å². The van der Waals surface area contributed by atoms with Crippen molar-refractivity contribution in [2.24, 2.45) is 0 Å². The molecule has 4 heteroatoms. The maximum absolute atomic E-state index is 2.57. The molecule has 0 fully saturated rings. The molecule has 0 nitrogen and oxygen atoms in total. The Labute approximate surface area is 214 Å². The summed E-state index contributed by atoms with van der Waals surface area (Å²) in [5, 5.41) is 7.73. The molecule has 0 N–H and O–H groups in total. The topological polar surface area (TPSA) is 0 Å². The fraction of sp³-hybridized carbons (Fsp3) is 0.143. The molecule has 0 amide bonds. The molecule has 0 bridgehead atoms. The van der Waals surface area contributed by atoms with E-state index in [0.29, 0.717) is 3.63 Å². The first-order valence-corrected chi connectivity index (χ1v) is 14.6. The van der Waals surface area contributed by atoms with E-state index < -0.39 is 30.8 Å². The number of halogens is 2. The quantitative estimate of drug-likeness (QED) is 0.367. The van der Waals surface area contributed by atoms with Crippen LogP contribution in [0.25, 0.3) is 32.4 Å². The predicted molar refractivity (Wildman–Crippen MR) is 129 cm³/mol. The molecule has 0 radical (unpaired) electrons. The van der Waals surface area contributed by atoms with Crippen LogP contribution in [-0.4, -0.2) is 0 Å². The summed E-state index contributed by atoms with van der Waals surface area (Å²) in [7, 11) is -0.445. The second kappa shape index (κ2) is 9.48. The van der Waals surface area contributed by atoms with Crippen molar-refractivity contribution in [1.82, 2.24) is 0 Å². The van der Waals surface area contributed by atoms with Crippen LogP contribution in [0.1, 0.15) is 35.0 Å². The molecule has 1 aromatic heterocycles. The third kappa shape index (κ3) is 3.73. The molecule has 3 aromatic carbocycles. The molecule has 0 saturated heterocycles. The first-order chi connectivity index (χ1) is 14.7. The van der Waals surface area contributed by atoms with Gasteiger partial charge in [0.2, 0.25) is 0 Å². The summed E-state index contributed by atoms with van der Waals surface area (Å²) in [5.74, 6) is 0. The minimum absolute atomic E-state index is 0. The molecule has 2 aliphatic rings. The van der Waals surface area contributed by atoms with Gasteiger partial charge in [-0.05, 0) is 0 Å². The van der Waals surface area contributed by atoms with Crippen molar-refractivity contribution in [3.8, 4) is 0 Å². The van der Waals surface area contributed by atoms with E-state index >= 15 is 0 Å². The molecular formula is C28H23Cl2PZr. The normalized spacial score (nSPS) is 16.9. The Hall–Kier alpha value is -1.36. The Balaban J connectivity index is 0.00000122. The maximum atomic E-state index is 2.57. The fourth-order valence-corrected chi connectivity index (χ4v) is 13.2. The Bertz CT molecular complexity index is 1370. The molecule has 32 heavy (non-hydrogen) atoms. The van der Waals surface area contributed by atoms with Gasteiger partial charge in [-0.3, -0.25) is 0 Å². The second-order valence-electron chi connectivity index (χ2n) is 8.34. The van der Waals surface area contributed by atoms with Crippen LogP contribution in [0.4, 0.5) is 0 Å². The monoisotopic (exact) mass is 550 g/mol. The summed E-state index contributed by atoms with van der Waals surface area (Å²) in [5.41, 5.74) is 6.15. The number of hydrogen-bond acceptors (Lipinski definition) is 0. The molecule has 0 spiro atoms. The molecule has 158 valence electrons. The van der Waals surface area contributed by atoms with Gasteiger partial charge >= 0.3 is 191 Å². The molecule has 2 aliphatic carbocycles. The third-order valence-electron chi connectivity index (χ3n) is 6.72. The molecule has 1 atom stereocenters. The molecule has 6 rings (SSSR count). The average molecular weight is 553 g/mol. The zero-order valence-electron chi connectivity index (χ0n) is 18.1. The van der Waals surface area contributed by atoms with E-state index in [0.717, 1.165) is 0 Å². The van der Waals surface area contributed by atoms with Crippen molar-refractivity contribution in [2.75, 3.05) is 0 Å². The van der Waals surface area contributed by atoms with Gasteiger partial charge in [-0.15, -0.1) is 0 Å². The first-order valence-electron chi connectivity index (χ1n) is 10.6. The predicted octanol–water partition coefficient (Wildman–Crippen LogP) is 2.75. The smallest absolute Gasteiger partial charge is 1.00 e. The molecule has 1 unspecified atom stereocenters. The van der Waals surface area contributed by atoms with Crippen LogP contribution in [0.15, 0.2) is 93.3 Å². The van der Waals surface area contributed by atoms with Gasteiger partial charge in [-0.2, -0.15) is 0 Å². The van der Waals surface area contributed by atoms with Gasteiger partial charge in [0.25, 0.3) is 0 Å². The second-order valence-corrected chi connectivity index (χ2v) is 14.1. The summed E-state index contributed by atoms with van der Waals surface area (Å²) in [6.45, 7) is 4.64. The van der Waals surface area contributed by atoms with Crippen LogP contribution in [0.2, 0.25) is 0 Å². The molecule has 1 heterocycles. The number of benzene rings is 3. The van der Waals surface area contributed by atoms with Gasteiger partial charge in [-0.25, -0.2) is 0 Å².